The number of imidazole rings is 1. The summed E-state index contributed by atoms with van der Waals surface area (Å²) >= 11 is 0. The molecule has 1 aliphatic rings. The molecule has 4 nitrogen and oxygen atoms in total. The van der Waals surface area contributed by atoms with Gasteiger partial charge < -0.3 is 14.6 Å². The Morgan fingerprint density at radius 2 is 2.39 bits per heavy atom. The predicted octanol–water partition coefficient (Wildman–Crippen LogP) is 1.73. The molecule has 1 atom stereocenters. The third-order valence-corrected chi connectivity index (χ3v) is 3.81. The second-order valence-electron chi connectivity index (χ2n) is 5.00. The van der Waals surface area contributed by atoms with E-state index in [1.807, 2.05) is 12.1 Å². The summed E-state index contributed by atoms with van der Waals surface area (Å²) in [5.41, 5.74) is 2.20. The lowest BCUT2D eigenvalue weighted by Crippen LogP contribution is -2.12. The van der Waals surface area contributed by atoms with Crippen molar-refractivity contribution in [2.45, 2.75) is 12.8 Å². The second kappa shape index (κ2) is 4.61. The van der Waals surface area contributed by atoms with E-state index in [0.29, 0.717) is 0 Å². The van der Waals surface area contributed by atoms with Crippen LogP contribution >= 0.6 is 0 Å². The van der Waals surface area contributed by atoms with Crippen LogP contribution in [0.5, 0.6) is 5.75 Å². The van der Waals surface area contributed by atoms with Crippen LogP contribution in [0.3, 0.4) is 0 Å². The van der Waals surface area contributed by atoms with Crippen molar-refractivity contribution in [1.29, 1.82) is 0 Å². The molecule has 1 N–H and O–H groups in total. The number of aromatic nitrogens is 2. The van der Waals surface area contributed by atoms with Gasteiger partial charge >= 0.3 is 0 Å². The second-order valence-corrected chi connectivity index (χ2v) is 5.00. The predicted molar refractivity (Wildman–Crippen MR) is 71.9 cm³/mol. The monoisotopic (exact) mass is 245 g/mol. The maximum absolute atomic E-state index is 5.25. The summed E-state index contributed by atoms with van der Waals surface area (Å²) in [6.45, 7) is 2.26. The molecule has 0 saturated carbocycles. The number of benzene rings is 1. The van der Waals surface area contributed by atoms with Gasteiger partial charge in [0.25, 0.3) is 0 Å². The zero-order valence-corrected chi connectivity index (χ0v) is 10.9. The van der Waals surface area contributed by atoms with Gasteiger partial charge in [0.05, 0.1) is 18.1 Å². The molecule has 2 heterocycles. The van der Waals surface area contributed by atoms with Crippen LogP contribution in [0.15, 0.2) is 18.2 Å². The van der Waals surface area contributed by atoms with Crippen LogP contribution in [-0.2, 0) is 13.5 Å². The van der Waals surface area contributed by atoms with Gasteiger partial charge in [-0.3, -0.25) is 0 Å². The summed E-state index contributed by atoms with van der Waals surface area (Å²) in [4.78, 5) is 4.74. The average molecular weight is 245 g/mol. The smallest absolute Gasteiger partial charge is 0.121 e. The van der Waals surface area contributed by atoms with E-state index in [9.17, 15) is 0 Å². The first-order chi connectivity index (χ1) is 8.78. The van der Waals surface area contributed by atoms with Crippen LogP contribution in [-0.4, -0.2) is 29.8 Å². The Labute approximate surface area is 107 Å². The highest BCUT2D eigenvalue weighted by Gasteiger charge is 2.18. The Morgan fingerprint density at radius 1 is 1.50 bits per heavy atom. The number of methoxy groups -OCH3 is 1. The van der Waals surface area contributed by atoms with Crippen molar-refractivity contribution in [1.82, 2.24) is 14.9 Å². The number of hydrogen-bond acceptors (Lipinski definition) is 3. The third-order valence-electron chi connectivity index (χ3n) is 3.81. The number of aryl methyl sites for hydroxylation is 1. The molecular weight excluding hydrogens is 226 g/mol. The fourth-order valence-electron chi connectivity index (χ4n) is 2.69. The molecule has 0 spiro atoms. The number of fused-ring (bicyclic) bond motifs is 1. The van der Waals surface area contributed by atoms with E-state index < -0.39 is 0 Å². The van der Waals surface area contributed by atoms with E-state index in [1.165, 1.54) is 17.8 Å². The molecule has 1 unspecified atom stereocenters. The Bertz CT molecular complexity index is 555. The molecule has 1 aromatic heterocycles. The molecule has 1 aliphatic heterocycles. The van der Waals surface area contributed by atoms with Crippen LogP contribution in [0.4, 0.5) is 0 Å². The SMILES string of the molecule is COc1ccc2c(c1)nc(CC1CCNC1)n2C. The van der Waals surface area contributed by atoms with Crippen LogP contribution < -0.4 is 10.1 Å². The molecule has 1 aromatic carbocycles. The van der Waals surface area contributed by atoms with Crippen molar-refractivity contribution in [2.75, 3.05) is 20.2 Å². The van der Waals surface area contributed by atoms with Crippen molar-refractivity contribution in [3.05, 3.63) is 24.0 Å². The molecule has 96 valence electrons. The summed E-state index contributed by atoms with van der Waals surface area (Å²) in [7, 11) is 3.79. The van der Waals surface area contributed by atoms with Gasteiger partial charge in [0.2, 0.25) is 0 Å². The van der Waals surface area contributed by atoms with Crippen molar-refractivity contribution in [3.63, 3.8) is 0 Å². The van der Waals surface area contributed by atoms with Gasteiger partial charge in [-0.25, -0.2) is 4.98 Å². The maximum Gasteiger partial charge on any atom is 0.121 e. The van der Waals surface area contributed by atoms with Crippen LogP contribution in [0, 0.1) is 5.92 Å². The summed E-state index contributed by atoms with van der Waals surface area (Å²) in [6.07, 6.45) is 2.31. The van der Waals surface area contributed by atoms with Crippen molar-refractivity contribution in [2.24, 2.45) is 13.0 Å². The Morgan fingerprint density at radius 3 is 3.11 bits per heavy atom. The van der Waals surface area contributed by atoms with Crippen molar-refractivity contribution >= 4 is 11.0 Å². The highest BCUT2D eigenvalue weighted by atomic mass is 16.5. The summed E-state index contributed by atoms with van der Waals surface area (Å²) in [6, 6.07) is 6.08. The molecule has 18 heavy (non-hydrogen) atoms. The molecule has 4 heteroatoms. The van der Waals surface area contributed by atoms with Gasteiger partial charge in [0.1, 0.15) is 11.6 Å². The summed E-state index contributed by atoms with van der Waals surface area (Å²) in [5, 5.41) is 3.41. The lowest BCUT2D eigenvalue weighted by Gasteiger charge is -2.07. The molecular formula is C14H19N3O. The first-order valence-corrected chi connectivity index (χ1v) is 6.48. The molecule has 0 radical (unpaired) electrons. The van der Waals surface area contributed by atoms with E-state index in [2.05, 4.69) is 23.0 Å². The van der Waals surface area contributed by atoms with Gasteiger partial charge in [-0.15, -0.1) is 0 Å². The van der Waals surface area contributed by atoms with Gasteiger partial charge in [0.15, 0.2) is 0 Å². The third kappa shape index (κ3) is 1.97. The van der Waals surface area contributed by atoms with Crippen LogP contribution in [0.2, 0.25) is 0 Å². The standard InChI is InChI=1S/C14H19N3O/c1-17-13-4-3-11(18-2)8-12(13)16-14(17)7-10-5-6-15-9-10/h3-4,8,10,15H,5-7,9H2,1-2H3. The van der Waals surface area contributed by atoms with Crippen molar-refractivity contribution < 1.29 is 4.74 Å². The fourth-order valence-corrected chi connectivity index (χ4v) is 2.69. The summed E-state index contributed by atoms with van der Waals surface area (Å²) < 4.78 is 7.45. The minimum absolute atomic E-state index is 0.724. The average Bonchev–Trinajstić information content (AvgIpc) is 2.99. The minimum Gasteiger partial charge on any atom is -0.497 e. The maximum atomic E-state index is 5.25. The van der Waals surface area contributed by atoms with Crippen LogP contribution in [0.25, 0.3) is 11.0 Å². The molecule has 0 amide bonds. The normalized spacial score (nSPS) is 19.6. The van der Waals surface area contributed by atoms with Gasteiger partial charge in [-0.1, -0.05) is 0 Å². The van der Waals surface area contributed by atoms with Gasteiger partial charge in [-0.2, -0.15) is 0 Å². The summed E-state index contributed by atoms with van der Waals surface area (Å²) in [5.74, 6) is 2.77. The Balaban J connectivity index is 1.94. The first-order valence-electron chi connectivity index (χ1n) is 6.48. The Hall–Kier alpha value is -1.55. The lowest BCUT2D eigenvalue weighted by atomic mass is 10.0. The number of nitrogens with zero attached hydrogens (tertiary/aromatic N) is 2. The van der Waals surface area contributed by atoms with Gasteiger partial charge in [0, 0.05) is 19.5 Å². The molecule has 2 aromatic rings. The van der Waals surface area contributed by atoms with Crippen molar-refractivity contribution in [3.8, 4) is 5.75 Å². The highest BCUT2D eigenvalue weighted by molar-refractivity contribution is 5.77. The molecule has 0 bridgehead atoms. The topological polar surface area (TPSA) is 39.1 Å². The molecule has 3 rings (SSSR count). The minimum atomic E-state index is 0.724. The number of hydrogen-bond donors (Lipinski definition) is 1. The molecule has 1 saturated heterocycles. The van der Waals surface area contributed by atoms with E-state index in [0.717, 1.165) is 36.7 Å². The Kier molecular flexibility index (Phi) is 2.96. The van der Waals surface area contributed by atoms with Gasteiger partial charge in [-0.05, 0) is 37.6 Å². The number of ether oxygens (including phenoxy) is 1. The first kappa shape index (κ1) is 11.5. The molecule has 0 aliphatic carbocycles. The number of rotatable bonds is 3. The van der Waals surface area contributed by atoms with E-state index >= 15 is 0 Å². The van der Waals surface area contributed by atoms with Crippen LogP contribution in [0.1, 0.15) is 12.2 Å². The lowest BCUT2D eigenvalue weighted by molar-refractivity contribution is 0.415. The molecule has 1 fully saturated rings. The quantitative estimate of drug-likeness (QED) is 0.895. The zero-order valence-electron chi connectivity index (χ0n) is 10.9. The largest absolute Gasteiger partial charge is 0.497 e. The van der Waals surface area contributed by atoms with E-state index in [1.54, 1.807) is 7.11 Å². The highest BCUT2D eigenvalue weighted by Crippen LogP contribution is 2.23. The van der Waals surface area contributed by atoms with E-state index in [-0.39, 0.29) is 0 Å². The zero-order chi connectivity index (χ0) is 12.5. The fraction of sp³-hybridized carbons (Fsp3) is 0.500. The van der Waals surface area contributed by atoms with E-state index in [4.69, 9.17) is 9.72 Å². The number of nitrogens with one attached hydrogen (secondary N) is 1.